The van der Waals surface area contributed by atoms with Gasteiger partial charge in [0.15, 0.2) is 5.96 Å². The molecule has 0 aliphatic rings. The Kier molecular flexibility index (Phi) is 11.7. The zero-order valence-corrected chi connectivity index (χ0v) is 18.7. The molecule has 1 atom stereocenters. The molecule has 0 aromatic heterocycles. The lowest BCUT2D eigenvalue weighted by Gasteiger charge is -2.16. The van der Waals surface area contributed by atoms with Crippen LogP contribution in [0.5, 0.6) is 5.75 Å². The molecule has 0 bridgehead atoms. The van der Waals surface area contributed by atoms with E-state index in [1.54, 1.807) is 12.1 Å². The first-order valence-electron chi connectivity index (χ1n) is 9.08. The van der Waals surface area contributed by atoms with Gasteiger partial charge in [0, 0.05) is 18.8 Å². The molecular weight excluding hydrogens is 509 g/mol. The van der Waals surface area contributed by atoms with E-state index < -0.39 is 12.7 Å². The highest BCUT2D eigenvalue weighted by atomic mass is 127. The van der Waals surface area contributed by atoms with E-state index in [1.807, 2.05) is 25.1 Å². The van der Waals surface area contributed by atoms with Gasteiger partial charge < -0.3 is 25.8 Å². The average Bonchev–Trinajstić information content (AvgIpc) is 2.70. The number of aliphatic hydroxyl groups is 1. The van der Waals surface area contributed by atoms with Gasteiger partial charge in [-0.2, -0.15) is 8.78 Å². The van der Waals surface area contributed by atoms with Crippen LogP contribution in [0.4, 0.5) is 14.5 Å². The van der Waals surface area contributed by atoms with Crippen molar-refractivity contribution in [2.24, 2.45) is 4.99 Å². The van der Waals surface area contributed by atoms with Crippen LogP contribution in [0, 0.1) is 0 Å². The summed E-state index contributed by atoms with van der Waals surface area (Å²) >= 11 is 0. The Morgan fingerprint density at radius 3 is 2.37 bits per heavy atom. The maximum atomic E-state index is 12.2. The fourth-order valence-electron chi connectivity index (χ4n) is 2.40. The lowest BCUT2D eigenvalue weighted by Crippen LogP contribution is -2.40. The number of aliphatic imine (C=N–C) groups is 1. The summed E-state index contributed by atoms with van der Waals surface area (Å²) < 4.78 is 28.6. The van der Waals surface area contributed by atoms with Crippen LogP contribution in [0.3, 0.4) is 0 Å². The van der Waals surface area contributed by atoms with Crippen molar-refractivity contribution >= 4 is 41.5 Å². The van der Waals surface area contributed by atoms with Crippen LogP contribution in [-0.2, 0) is 4.79 Å². The van der Waals surface area contributed by atoms with Crippen molar-refractivity contribution in [3.8, 4) is 5.75 Å². The predicted octanol–water partition coefficient (Wildman–Crippen LogP) is 3.13. The van der Waals surface area contributed by atoms with Crippen molar-refractivity contribution in [2.75, 3.05) is 25.0 Å². The number of amides is 1. The number of ether oxygens (including phenoxy) is 1. The van der Waals surface area contributed by atoms with Gasteiger partial charge in [0.05, 0.1) is 6.10 Å². The molecule has 0 saturated carbocycles. The molecule has 4 N–H and O–H groups in total. The molecule has 0 radical (unpaired) electrons. The minimum atomic E-state index is -2.90. The molecule has 0 saturated heterocycles. The van der Waals surface area contributed by atoms with Crippen LogP contribution >= 0.6 is 24.0 Å². The van der Waals surface area contributed by atoms with Crippen LogP contribution in [-0.4, -0.2) is 43.2 Å². The molecular formula is C20H25F2IN4O3. The van der Waals surface area contributed by atoms with E-state index >= 15 is 0 Å². The Labute approximate surface area is 190 Å². The Morgan fingerprint density at radius 1 is 1.10 bits per heavy atom. The number of benzene rings is 2. The number of carbonyl (C=O) groups excluding carboxylic acids is 1. The maximum Gasteiger partial charge on any atom is 0.387 e. The molecule has 0 spiro atoms. The van der Waals surface area contributed by atoms with Crippen LogP contribution in [0.15, 0.2) is 59.6 Å². The molecule has 10 heteroatoms. The molecule has 2 aromatic carbocycles. The Balaban J connectivity index is 0.00000450. The highest BCUT2D eigenvalue weighted by Crippen LogP contribution is 2.18. The Morgan fingerprint density at radius 2 is 1.77 bits per heavy atom. The molecule has 0 aliphatic carbocycles. The highest BCUT2D eigenvalue weighted by Gasteiger charge is 2.10. The number of guanidine groups is 1. The fourth-order valence-corrected chi connectivity index (χ4v) is 2.40. The number of nitrogens with zero attached hydrogens (tertiary/aromatic N) is 1. The summed E-state index contributed by atoms with van der Waals surface area (Å²) in [4.78, 5) is 16.2. The van der Waals surface area contributed by atoms with Gasteiger partial charge in [-0.3, -0.25) is 4.79 Å². The fraction of sp³-hybridized carbons (Fsp3) is 0.300. The highest BCUT2D eigenvalue weighted by molar-refractivity contribution is 14.0. The van der Waals surface area contributed by atoms with Gasteiger partial charge in [-0.1, -0.05) is 30.3 Å². The standard InChI is InChI=1S/C20H24F2N4O3.HI/c1-2-23-20(25-13-18(28)26-15-6-4-3-5-7-15)24-12-17(27)14-8-10-16(11-9-14)29-19(21)22;/h3-11,17,19,27H,2,12-13H2,1H3,(H,26,28)(H2,23,24,25);1H. The minimum absolute atomic E-state index is 0. The van der Waals surface area contributed by atoms with E-state index in [9.17, 15) is 18.7 Å². The van der Waals surface area contributed by atoms with Crippen molar-refractivity contribution in [1.29, 1.82) is 0 Å². The van der Waals surface area contributed by atoms with Crippen molar-refractivity contribution in [3.63, 3.8) is 0 Å². The number of rotatable bonds is 9. The van der Waals surface area contributed by atoms with E-state index in [1.165, 1.54) is 24.3 Å². The third kappa shape index (κ3) is 9.35. The number of aliphatic hydroxyl groups excluding tert-OH is 1. The van der Waals surface area contributed by atoms with E-state index in [0.717, 1.165) is 0 Å². The summed E-state index contributed by atoms with van der Waals surface area (Å²) in [5, 5.41) is 18.9. The van der Waals surface area contributed by atoms with Crippen molar-refractivity contribution < 1.29 is 23.4 Å². The smallest absolute Gasteiger partial charge is 0.387 e. The monoisotopic (exact) mass is 534 g/mol. The quantitative estimate of drug-likeness (QED) is 0.226. The first-order valence-corrected chi connectivity index (χ1v) is 9.08. The maximum absolute atomic E-state index is 12.2. The number of anilines is 1. The van der Waals surface area contributed by atoms with Crippen molar-refractivity contribution in [3.05, 3.63) is 60.2 Å². The van der Waals surface area contributed by atoms with Gasteiger partial charge in [-0.05, 0) is 36.8 Å². The minimum Gasteiger partial charge on any atom is -0.435 e. The van der Waals surface area contributed by atoms with E-state index in [2.05, 4.69) is 25.7 Å². The third-order valence-corrected chi connectivity index (χ3v) is 3.74. The van der Waals surface area contributed by atoms with Crippen molar-refractivity contribution in [2.45, 2.75) is 19.6 Å². The van der Waals surface area contributed by atoms with Gasteiger partial charge in [0.1, 0.15) is 12.3 Å². The molecule has 0 aliphatic heterocycles. The van der Waals surface area contributed by atoms with E-state index in [4.69, 9.17) is 0 Å². The zero-order chi connectivity index (χ0) is 21.1. The van der Waals surface area contributed by atoms with Crippen molar-refractivity contribution in [1.82, 2.24) is 10.6 Å². The second-order valence-corrected chi connectivity index (χ2v) is 5.95. The van der Waals surface area contributed by atoms with Crippen LogP contribution < -0.4 is 20.7 Å². The summed E-state index contributed by atoms with van der Waals surface area (Å²) in [6, 6.07) is 14.8. The molecule has 30 heavy (non-hydrogen) atoms. The second-order valence-electron chi connectivity index (χ2n) is 5.95. The Bertz CT molecular complexity index is 792. The predicted molar refractivity (Wildman–Crippen MR) is 123 cm³/mol. The number of nitrogens with one attached hydrogen (secondary N) is 3. The van der Waals surface area contributed by atoms with Gasteiger partial charge in [-0.15, -0.1) is 24.0 Å². The van der Waals surface area contributed by atoms with Crippen LogP contribution in [0.1, 0.15) is 18.6 Å². The average molecular weight is 534 g/mol. The van der Waals surface area contributed by atoms with Gasteiger partial charge in [-0.25, -0.2) is 4.99 Å². The van der Waals surface area contributed by atoms with Crippen LogP contribution in [0.2, 0.25) is 0 Å². The normalized spacial score (nSPS) is 12.0. The lowest BCUT2D eigenvalue weighted by atomic mass is 10.1. The molecule has 1 amide bonds. The summed E-state index contributed by atoms with van der Waals surface area (Å²) in [6.07, 6.45) is -0.905. The van der Waals surface area contributed by atoms with Gasteiger partial charge in [0.25, 0.3) is 0 Å². The second kappa shape index (κ2) is 13.7. The first kappa shape index (κ1) is 25.6. The van der Waals surface area contributed by atoms with Gasteiger partial charge in [0.2, 0.25) is 5.91 Å². The van der Waals surface area contributed by atoms with Gasteiger partial charge >= 0.3 is 6.61 Å². The summed E-state index contributed by atoms with van der Waals surface area (Å²) in [5.74, 6) is 0.110. The number of alkyl halides is 2. The molecule has 7 nitrogen and oxygen atoms in total. The SMILES string of the molecule is CCNC(=NCC(=O)Nc1ccccc1)NCC(O)c1ccc(OC(F)F)cc1.I. The molecule has 1 unspecified atom stereocenters. The number of hydrogen-bond acceptors (Lipinski definition) is 4. The number of para-hydroxylation sites is 1. The summed E-state index contributed by atoms with van der Waals surface area (Å²) in [5.41, 5.74) is 1.21. The lowest BCUT2D eigenvalue weighted by molar-refractivity contribution is -0.114. The molecule has 0 heterocycles. The molecule has 2 rings (SSSR count). The van der Waals surface area contributed by atoms with E-state index in [-0.39, 0.29) is 48.7 Å². The van der Waals surface area contributed by atoms with E-state index in [0.29, 0.717) is 23.8 Å². The topological polar surface area (TPSA) is 95.0 Å². The zero-order valence-electron chi connectivity index (χ0n) is 16.3. The summed E-state index contributed by atoms with van der Waals surface area (Å²) in [6.45, 7) is -0.437. The summed E-state index contributed by atoms with van der Waals surface area (Å²) in [7, 11) is 0. The molecule has 2 aromatic rings. The molecule has 0 fully saturated rings. The number of carbonyl (C=O) groups is 1. The first-order chi connectivity index (χ1) is 14.0. The van der Waals surface area contributed by atoms with Crippen LogP contribution in [0.25, 0.3) is 0 Å². The molecule has 164 valence electrons. The third-order valence-electron chi connectivity index (χ3n) is 3.74. The Hall–Kier alpha value is -2.47. The largest absolute Gasteiger partial charge is 0.435 e. The number of hydrogen-bond donors (Lipinski definition) is 4. The number of halogens is 3.